The van der Waals surface area contributed by atoms with Gasteiger partial charge in [0, 0.05) is 16.5 Å². The molecule has 3 N–H and O–H groups in total. The molecule has 0 amide bonds. The van der Waals surface area contributed by atoms with E-state index >= 15 is 0 Å². The smallest absolute Gasteiger partial charge is 0.337 e. The molecule has 0 saturated heterocycles. The van der Waals surface area contributed by atoms with Gasteiger partial charge in [0.1, 0.15) is 0 Å². The maximum atomic E-state index is 11.2. The Morgan fingerprint density at radius 2 is 1.94 bits per heavy atom. The highest BCUT2D eigenvalue weighted by Crippen LogP contribution is 2.26. The molecular weight excluding hydrogens is 228 g/mol. The Hall–Kier alpha value is -2.62. The van der Waals surface area contributed by atoms with E-state index in [1.807, 2.05) is 30.3 Å². The zero-order chi connectivity index (χ0) is 12.7. The lowest BCUT2D eigenvalue weighted by Crippen LogP contribution is -2.01. The molecule has 2 aromatic carbocycles. The van der Waals surface area contributed by atoms with Crippen LogP contribution in [-0.4, -0.2) is 16.1 Å². The van der Waals surface area contributed by atoms with Gasteiger partial charge in [0.05, 0.1) is 16.6 Å². The first kappa shape index (κ1) is 10.5. The molecule has 88 valence electrons. The molecule has 1 aromatic heterocycles. The minimum absolute atomic E-state index is 0.171. The third-order valence-corrected chi connectivity index (χ3v) is 2.95. The minimum atomic E-state index is -0.997. The van der Waals surface area contributed by atoms with Crippen LogP contribution < -0.4 is 5.73 Å². The third-order valence-electron chi connectivity index (χ3n) is 2.95. The Morgan fingerprint density at radius 3 is 2.72 bits per heavy atom. The molecule has 0 radical (unpaired) electrons. The van der Waals surface area contributed by atoms with Gasteiger partial charge < -0.3 is 10.8 Å². The van der Waals surface area contributed by atoms with Crippen molar-refractivity contribution < 1.29 is 9.90 Å². The number of nitrogens with zero attached hydrogens (tertiary/aromatic N) is 1. The Labute approximate surface area is 103 Å². The van der Waals surface area contributed by atoms with Gasteiger partial charge in [-0.05, 0) is 24.3 Å². The Kier molecular flexibility index (Phi) is 2.16. The lowest BCUT2D eigenvalue weighted by atomic mass is 10.1. The molecule has 4 heteroatoms. The third kappa shape index (κ3) is 1.47. The number of hydrogen-bond donors (Lipinski definition) is 2. The molecule has 0 aliphatic heterocycles. The predicted octanol–water partition coefficient (Wildman–Crippen LogP) is 2.67. The first-order chi connectivity index (χ1) is 8.66. The molecule has 0 atom stereocenters. The van der Waals surface area contributed by atoms with Crippen LogP contribution in [0.15, 0.2) is 42.5 Å². The van der Waals surface area contributed by atoms with Crippen LogP contribution in [0, 0.1) is 0 Å². The molecule has 0 spiro atoms. The molecule has 0 aliphatic rings. The molecule has 3 rings (SSSR count). The molecule has 18 heavy (non-hydrogen) atoms. The molecule has 0 unspecified atom stereocenters. The van der Waals surface area contributed by atoms with E-state index in [2.05, 4.69) is 4.98 Å². The van der Waals surface area contributed by atoms with Gasteiger partial charge in [-0.3, -0.25) is 0 Å². The van der Waals surface area contributed by atoms with Gasteiger partial charge in [0.15, 0.2) is 0 Å². The second-order valence-electron chi connectivity index (χ2n) is 4.08. The van der Waals surface area contributed by atoms with E-state index in [0.29, 0.717) is 16.6 Å². The topological polar surface area (TPSA) is 76.2 Å². The van der Waals surface area contributed by atoms with Gasteiger partial charge in [-0.1, -0.05) is 18.2 Å². The van der Waals surface area contributed by atoms with Crippen molar-refractivity contribution >= 4 is 33.5 Å². The van der Waals surface area contributed by atoms with E-state index in [4.69, 9.17) is 10.8 Å². The van der Waals surface area contributed by atoms with Crippen molar-refractivity contribution in [2.75, 3.05) is 5.73 Å². The monoisotopic (exact) mass is 238 g/mol. The number of benzene rings is 2. The summed E-state index contributed by atoms with van der Waals surface area (Å²) in [5, 5.41) is 10.8. The quantitative estimate of drug-likeness (QED) is 0.504. The maximum absolute atomic E-state index is 11.2. The molecular formula is C14H10N2O2. The zero-order valence-corrected chi connectivity index (χ0v) is 9.42. The van der Waals surface area contributed by atoms with E-state index in [0.717, 1.165) is 10.9 Å². The average molecular weight is 238 g/mol. The molecule has 4 nitrogen and oxygen atoms in total. The Morgan fingerprint density at radius 1 is 1.17 bits per heavy atom. The summed E-state index contributed by atoms with van der Waals surface area (Å²) in [6.07, 6.45) is 0. The van der Waals surface area contributed by atoms with Crippen LogP contribution in [0.25, 0.3) is 21.8 Å². The van der Waals surface area contributed by atoms with Gasteiger partial charge >= 0.3 is 5.97 Å². The maximum Gasteiger partial charge on any atom is 0.337 e. The summed E-state index contributed by atoms with van der Waals surface area (Å²) in [5.41, 5.74) is 7.78. The van der Waals surface area contributed by atoms with Crippen LogP contribution in [0.1, 0.15) is 10.4 Å². The van der Waals surface area contributed by atoms with Gasteiger partial charge in [0.2, 0.25) is 0 Å². The standard InChI is InChI=1S/C14H10N2O2/c15-11-6-5-9(14(17)18)13-10(11)7-8-3-1-2-4-12(8)16-13/h1-7H,15H2,(H,17,18). The summed E-state index contributed by atoms with van der Waals surface area (Å²) in [7, 11) is 0. The average Bonchev–Trinajstić information content (AvgIpc) is 2.37. The number of aromatic carboxylic acids is 1. The van der Waals surface area contributed by atoms with Crippen molar-refractivity contribution in [3.63, 3.8) is 0 Å². The number of pyridine rings is 1. The van der Waals surface area contributed by atoms with E-state index in [1.165, 1.54) is 6.07 Å². The summed E-state index contributed by atoms with van der Waals surface area (Å²) < 4.78 is 0. The van der Waals surface area contributed by atoms with Crippen molar-refractivity contribution in [3.8, 4) is 0 Å². The fourth-order valence-electron chi connectivity index (χ4n) is 2.06. The van der Waals surface area contributed by atoms with Gasteiger partial charge in [0.25, 0.3) is 0 Å². The number of para-hydroxylation sites is 1. The number of carboxylic acid groups (broad SMARTS) is 1. The number of fused-ring (bicyclic) bond motifs is 2. The van der Waals surface area contributed by atoms with Crippen molar-refractivity contribution in [3.05, 3.63) is 48.0 Å². The van der Waals surface area contributed by atoms with Crippen LogP contribution in [0.4, 0.5) is 5.69 Å². The van der Waals surface area contributed by atoms with E-state index in [-0.39, 0.29) is 5.56 Å². The highest BCUT2D eigenvalue weighted by molar-refractivity contribution is 6.08. The van der Waals surface area contributed by atoms with Gasteiger partial charge in [-0.25, -0.2) is 9.78 Å². The van der Waals surface area contributed by atoms with E-state index in [9.17, 15) is 4.79 Å². The summed E-state index contributed by atoms with van der Waals surface area (Å²) in [5.74, 6) is -0.997. The van der Waals surface area contributed by atoms with Crippen LogP contribution in [0.3, 0.4) is 0 Å². The van der Waals surface area contributed by atoms with E-state index in [1.54, 1.807) is 6.07 Å². The van der Waals surface area contributed by atoms with Crippen LogP contribution in [-0.2, 0) is 0 Å². The second-order valence-corrected chi connectivity index (χ2v) is 4.08. The fraction of sp³-hybridized carbons (Fsp3) is 0. The highest BCUT2D eigenvalue weighted by atomic mass is 16.4. The number of aromatic nitrogens is 1. The lowest BCUT2D eigenvalue weighted by Gasteiger charge is -2.06. The molecule has 3 aromatic rings. The molecule has 0 saturated carbocycles. The normalized spacial score (nSPS) is 10.9. The van der Waals surface area contributed by atoms with Crippen LogP contribution >= 0.6 is 0 Å². The number of nitrogens with two attached hydrogens (primary N) is 1. The fourth-order valence-corrected chi connectivity index (χ4v) is 2.06. The largest absolute Gasteiger partial charge is 0.478 e. The number of hydrogen-bond acceptors (Lipinski definition) is 3. The number of rotatable bonds is 1. The molecule has 0 bridgehead atoms. The minimum Gasteiger partial charge on any atom is -0.478 e. The van der Waals surface area contributed by atoms with Crippen LogP contribution in [0.5, 0.6) is 0 Å². The number of carbonyl (C=O) groups is 1. The number of carboxylic acids is 1. The molecule has 1 heterocycles. The van der Waals surface area contributed by atoms with Crippen molar-refractivity contribution in [1.29, 1.82) is 0 Å². The van der Waals surface area contributed by atoms with E-state index < -0.39 is 5.97 Å². The number of anilines is 1. The van der Waals surface area contributed by atoms with Crippen molar-refractivity contribution in [2.24, 2.45) is 0 Å². The summed E-state index contributed by atoms with van der Waals surface area (Å²) in [6.45, 7) is 0. The van der Waals surface area contributed by atoms with Crippen molar-refractivity contribution in [1.82, 2.24) is 4.98 Å². The summed E-state index contributed by atoms with van der Waals surface area (Å²) >= 11 is 0. The van der Waals surface area contributed by atoms with Gasteiger partial charge in [-0.2, -0.15) is 0 Å². The number of nitrogen functional groups attached to an aromatic ring is 1. The molecule has 0 aliphatic carbocycles. The second kappa shape index (κ2) is 3.70. The van der Waals surface area contributed by atoms with Crippen LogP contribution in [0.2, 0.25) is 0 Å². The summed E-state index contributed by atoms with van der Waals surface area (Å²) in [4.78, 5) is 15.6. The van der Waals surface area contributed by atoms with Crippen molar-refractivity contribution in [2.45, 2.75) is 0 Å². The highest BCUT2D eigenvalue weighted by Gasteiger charge is 2.12. The Bertz CT molecular complexity index is 781. The molecule has 0 fully saturated rings. The summed E-state index contributed by atoms with van der Waals surface area (Å²) in [6, 6.07) is 12.5. The zero-order valence-electron chi connectivity index (χ0n) is 9.42. The first-order valence-corrected chi connectivity index (χ1v) is 5.48. The Balaban J connectivity index is 2.52. The SMILES string of the molecule is Nc1ccc(C(=O)O)c2nc3ccccc3cc12. The lowest BCUT2D eigenvalue weighted by molar-refractivity contribution is 0.0699. The van der Waals surface area contributed by atoms with Gasteiger partial charge in [-0.15, -0.1) is 0 Å². The predicted molar refractivity (Wildman–Crippen MR) is 70.6 cm³/mol. The first-order valence-electron chi connectivity index (χ1n) is 5.48.